The molecule has 1 aromatic carbocycles. The number of carbonyl (C=O) groups is 1. The fraction of sp³-hybridized carbons (Fsp3) is 0.231. The Bertz CT molecular complexity index is 561. The summed E-state index contributed by atoms with van der Waals surface area (Å²) >= 11 is 5.81. The molecule has 0 radical (unpaired) electrons. The van der Waals surface area contributed by atoms with Crippen LogP contribution in [0.15, 0.2) is 30.6 Å². The molecular formula is C13H13ClN2O2. The molecule has 0 fully saturated rings. The summed E-state index contributed by atoms with van der Waals surface area (Å²) < 4.78 is 1.66. The van der Waals surface area contributed by atoms with Gasteiger partial charge in [-0.05, 0) is 31.0 Å². The highest BCUT2D eigenvalue weighted by Crippen LogP contribution is 2.12. The van der Waals surface area contributed by atoms with Crippen LogP contribution < -0.4 is 0 Å². The maximum atomic E-state index is 11.1. The third-order valence-corrected chi connectivity index (χ3v) is 3.03. The highest BCUT2D eigenvalue weighted by atomic mass is 35.5. The third-order valence-electron chi connectivity index (χ3n) is 2.78. The molecule has 0 atom stereocenters. The van der Waals surface area contributed by atoms with Crippen LogP contribution in [0.5, 0.6) is 0 Å². The Morgan fingerprint density at radius 3 is 2.67 bits per heavy atom. The average Bonchev–Trinajstić information content (AvgIpc) is 2.70. The van der Waals surface area contributed by atoms with Crippen molar-refractivity contribution in [3.63, 3.8) is 0 Å². The highest BCUT2D eigenvalue weighted by molar-refractivity contribution is 6.30. The first-order valence-corrected chi connectivity index (χ1v) is 5.95. The summed E-state index contributed by atoms with van der Waals surface area (Å²) in [5.74, 6) is -0.943. The Hall–Kier alpha value is -1.81. The zero-order valence-corrected chi connectivity index (χ0v) is 10.7. The van der Waals surface area contributed by atoms with E-state index in [1.165, 1.54) is 0 Å². The minimum Gasteiger partial charge on any atom is -0.477 e. The fourth-order valence-corrected chi connectivity index (χ4v) is 1.96. The lowest BCUT2D eigenvalue weighted by Gasteiger charge is -2.06. The molecule has 4 nitrogen and oxygen atoms in total. The van der Waals surface area contributed by atoms with Crippen LogP contribution >= 0.6 is 11.6 Å². The highest BCUT2D eigenvalue weighted by Gasteiger charge is 2.14. The predicted molar refractivity (Wildman–Crippen MR) is 69.1 cm³/mol. The average molecular weight is 265 g/mol. The van der Waals surface area contributed by atoms with Gasteiger partial charge in [-0.1, -0.05) is 23.7 Å². The van der Waals surface area contributed by atoms with Crippen LogP contribution in [0.25, 0.3) is 0 Å². The van der Waals surface area contributed by atoms with Gasteiger partial charge in [-0.3, -0.25) is 0 Å². The van der Waals surface area contributed by atoms with Crippen LogP contribution in [0.1, 0.15) is 21.7 Å². The molecule has 0 aliphatic carbocycles. The summed E-state index contributed by atoms with van der Waals surface area (Å²) in [6.07, 6.45) is 2.31. The van der Waals surface area contributed by atoms with Crippen molar-refractivity contribution in [2.45, 2.75) is 19.9 Å². The van der Waals surface area contributed by atoms with Gasteiger partial charge in [0.05, 0.1) is 12.0 Å². The van der Waals surface area contributed by atoms with Gasteiger partial charge in [0.15, 0.2) is 0 Å². The van der Waals surface area contributed by atoms with E-state index in [4.69, 9.17) is 16.7 Å². The second kappa shape index (κ2) is 5.23. The van der Waals surface area contributed by atoms with Crippen molar-refractivity contribution in [3.8, 4) is 0 Å². The molecule has 0 unspecified atom stereocenters. The molecule has 0 saturated carbocycles. The molecule has 18 heavy (non-hydrogen) atoms. The lowest BCUT2D eigenvalue weighted by atomic mass is 10.1. The summed E-state index contributed by atoms with van der Waals surface area (Å²) in [5.41, 5.74) is 1.91. The van der Waals surface area contributed by atoms with Crippen molar-refractivity contribution in [1.29, 1.82) is 0 Å². The normalized spacial score (nSPS) is 10.6. The number of aromatic carboxylic acids is 1. The summed E-state index contributed by atoms with van der Waals surface area (Å²) in [6, 6.07) is 7.53. The van der Waals surface area contributed by atoms with Gasteiger partial charge in [-0.25, -0.2) is 9.78 Å². The molecule has 0 amide bonds. The number of aryl methyl sites for hydroxylation is 3. The predicted octanol–water partition coefficient (Wildman–Crippen LogP) is 2.79. The van der Waals surface area contributed by atoms with Gasteiger partial charge < -0.3 is 9.67 Å². The molecule has 1 heterocycles. The standard InChI is InChI=1S/C13H13ClN2O2/c1-9-12(13(17)18)16(8-15-9)7-6-10-2-4-11(14)5-3-10/h2-5,8H,6-7H2,1H3,(H,17,18). The Morgan fingerprint density at radius 1 is 1.39 bits per heavy atom. The molecule has 0 saturated heterocycles. The fourth-order valence-electron chi connectivity index (χ4n) is 1.83. The van der Waals surface area contributed by atoms with Crippen molar-refractivity contribution in [3.05, 3.63) is 52.6 Å². The lowest BCUT2D eigenvalue weighted by molar-refractivity contribution is 0.0684. The smallest absolute Gasteiger partial charge is 0.354 e. The van der Waals surface area contributed by atoms with Crippen molar-refractivity contribution < 1.29 is 9.90 Å². The lowest BCUT2D eigenvalue weighted by Crippen LogP contribution is -2.10. The minimum atomic E-state index is -0.943. The number of carboxylic acid groups (broad SMARTS) is 1. The number of aromatic nitrogens is 2. The molecule has 1 aromatic heterocycles. The summed E-state index contributed by atoms with van der Waals surface area (Å²) in [4.78, 5) is 15.1. The molecule has 1 N–H and O–H groups in total. The molecule has 5 heteroatoms. The SMILES string of the molecule is Cc1ncn(CCc2ccc(Cl)cc2)c1C(=O)O. The van der Waals surface area contributed by atoms with E-state index in [0.717, 1.165) is 12.0 Å². The van der Waals surface area contributed by atoms with Crippen molar-refractivity contribution >= 4 is 17.6 Å². The van der Waals surface area contributed by atoms with Gasteiger partial charge in [0.1, 0.15) is 5.69 Å². The first-order chi connectivity index (χ1) is 8.58. The second-order valence-corrected chi connectivity index (χ2v) is 4.49. The molecule has 0 spiro atoms. The van der Waals surface area contributed by atoms with Crippen LogP contribution in [-0.2, 0) is 13.0 Å². The van der Waals surface area contributed by atoms with E-state index < -0.39 is 5.97 Å². The van der Waals surface area contributed by atoms with Crippen LogP contribution in [0, 0.1) is 6.92 Å². The number of halogens is 1. The number of rotatable bonds is 4. The second-order valence-electron chi connectivity index (χ2n) is 4.05. The number of nitrogens with zero attached hydrogens (tertiary/aromatic N) is 2. The molecular weight excluding hydrogens is 252 g/mol. The summed E-state index contributed by atoms with van der Waals surface area (Å²) in [6.45, 7) is 2.28. The van der Waals surface area contributed by atoms with Gasteiger partial charge in [0, 0.05) is 11.6 Å². The van der Waals surface area contributed by atoms with Gasteiger partial charge in [-0.15, -0.1) is 0 Å². The van der Waals surface area contributed by atoms with E-state index in [1.54, 1.807) is 17.8 Å². The molecule has 2 aromatic rings. The molecule has 0 aliphatic heterocycles. The van der Waals surface area contributed by atoms with Crippen molar-refractivity contribution in [1.82, 2.24) is 9.55 Å². The van der Waals surface area contributed by atoms with E-state index in [1.807, 2.05) is 24.3 Å². The van der Waals surface area contributed by atoms with Crippen molar-refractivity contribution in [2.75, 3.05) is 0 Å². The van der Waals surface area contributed by atoms with Crippen LogP contribution in [0.2, 0.25) is 5.02 Å². The van der Waals surface area contributed by atoms with Gasteiger partial charge in [-0.2, -0.15) is 0 Å². The number of benzene rings is 1. The summed E-state index contributed by atoms with van der Waals surface area (Å²) in [5, 5.41) is 9.79. The van der Waals surface area contributed by atoms with Gasteiger partial charge in [0.25, 0.3) is 0 Å². The zero-order valence-electron chi connectivity index (χ0n) is 9.93. The Balaban J connectivity index is 2.11. The molecule has 94 valence electrons. The maximum absolute atomic E-state index is 11.1. The molecule has 2 rings (SSSR count). The third kappa shape index (κ3) is 2.71. The number of hydrogen-bond acceptors (Lipinski definition) is 2. The Morgan fingerprint density at radius 2 is 2.06 bits per heavy atom. The Kier molecular flexibility index (Phi) is 3.67. The van der Waals surface area contributed by atoms with Gasteiger partial charge in [0.2, 0.25) is 0 Å². The van der Waals surface area contributed by atoms with E-state index in [0.29, 0.717) is 17.3 Å². The van der Waals surface area contributed by atoms with Crippen LogP contribution in [-0.4, -0.2) is 20.6 Å². The Labute approximate surface area is 110 Å². The first-order valence-electron chi connectivity index (χ1n) is 5.57. The zero-order chi connectivity index (χ0) is 13.1. The number of imidazole rings is 1. The van der Waals surface area contributed by atoms with E-state index in [-0.39, 0.29) is 5.69 Å². The largest absolute Gasteiger partial charge is 0.477 e. The minimum absolute atomic E-state index is 0.254. The van der Waals surface area contributed by atoms with Gasteiger partial charge >= 0.3 is 5.97 Å². The van der Waals surface area contributed by atoms with Crippen LogP contribution in [0.4, 0.5) is 0 Å². The maximum Gasteiger partial charge on any atom is 0.354 e. The van der Waals surface area contributed by atoms with E-state index >= 15 is 0 Å². The topological polar surface area (TPSA) is 55.1 Å². The number of carboxylic acids is 1. The summed E-state index contributed by atoms with van der Waals surface area (Å²) in [7, 11) is 0. The first kappa shape index (κ1) is 12.6. The quantitative estimate of drug-likeness (QED) is 0.924. The number of hydrogen-bond donors (Lipinski definition) is 1. The van der Waals surface area contributed by atoms with Crippen LogP contribution in [0.3, 0.4) is 0 Å². The monoisotopic (exact) mass is 264 g/mol. The van der Waals surface area contributed by atoms with Crippen molar-refractivity contribution in [2.24, 2.45) is 0 Å². The molecule has 0 bridgehead atoms. The van der Waals surface area contributed by atoms with E-state index in [9.17, 15) is 4.79 Å². The molecule has 0 aliphatic rings. The van der Waals surface area contributed by atoms with E-state index in [2.05, 4.69) is 4.98 Å².